The number of hydrogen-bond donors (Lipinski definition) is 0. The number of benzene rings is 3. The van der Waals surface area contributed by atoms with E-state index in [0.717, 1.165) is 6.54 Å². The third kappa shape index (κ3) is 3.77. The van der Waals surface area contributed by atoms with Gasteiger partial charge in [0.2, 0.25) is 11.4 Å². The third-order valence-electron chi connectivity index (χ3n) is 5.71. The Hall–Kier alpha value is -3.30. The highest BCUT2D eigenvalue weighted by molar-refractivity contribution is 8.03. The van der Waals surface area contributed by atoms with Crippen molar-refractivity contribution in [3.8, 4) is 22.5 Å². The Labute approximate surface area is 188 Å². The van der Waals surface area contributed by atoms with Gasteiger partial charge in [-0.15, -0.1) is 0 Å². The molecule has 4 aromatic rings. The smallest absolute Gasteiger partial charge is 0.213 e. The summed E-state index contributed by atoms with van der Waals surface area (Å²) in [6.07, 6.45) is 2.33. The summed E-state index contributed by atoms with van der Waals surface area (Å²) in [5, 5.41) is 1.27. The van der Waals surface area contributed by atoms with Crippen molar-refractivity contribution in [1.82, 2.24) is 0 Å². The minimum absolute atomic E-state index is 0.952. The van der Waals surface area contributed by atoms with Crippen molar-refractivity contribution in [2.75, 3.05) is 11.4 Å². The van der Waals surface area contributed by atoms with Crippen LogP contribution in [0.5, 0.6) is 0 Å². The zero-order valence-corrected chi connectivity index (χ0v) is 18.6. The van der Waals surface area contributed by atoms with Gasteiger partial charge in [-0.25, -0.2) is 0 Å². The molecular weight excluding hydrogens is 396 g/mol. The number of nitrogens with zero attached hydrogens (tertiary/aromatic N) is 2. The molecule has 0 amide bonds. The van der Waals surface area contributed by atoms with Crippen molar-refractivity contribution in [3.05, 3.63) is 108 Å². The Kier molecular flexibility index (Phi) is 5.35. The third-order valence-corrected chi connectivity index (χ3v) is 6.82. The number of pyridine rings is 1. The van der Waals surface area contributed by atoms with Crippen LogP contribution in [0.15, 0.2) is 107 Å². The van der Waals surface area contributed by atoms with E-state index in [1.807, 2.05) is 11.8 Å². The number of aromatic nitrogens is 1. The molecule has 1 aromatic heterocycles. The zero-order valence-electron chi connectivity index (χ0n) is 17.8. The molecular formula is C28H25N2S+. The van der Waals surface area contributed by atoms with Crippen molar-refractivity contribution in [2.24, 2.45) is 7.05 Å². The van der Waals surface area contributed by atoms with Crippen molar-refractivity contribution in [2.45, 2.75) is 11.8 Å². The molecule has 0 unspecified atom stereocenters. The zero-order chi connectivity index (χ0) is 21.2. The summed E-state index contributed by atoms with van der Waals surface area (Å²) < 4.78 is 2.29. The van der Waals surface area contributed by atoms with Gasteiger partial charge >= 0.3 is 0 Å². The Morgan fingerprint density at radius 2 is 1.32 bits per heavy atom. The van der Waals surface area contributed by atoms with Gasteiger partial charge in [0, 0.05) is 34.7 Å². The number of anilines is 1. The molecule has 0 saturated heterocycles. The summed E-state index contributed by atoms with van der Waals surface area (Å²) in [5.74, 6) is 0. The Morgan fingerprint density at radius 1 is 0.774 bits per heavy atom. The second-order valence-corrected chi connectivity index (χ2v) is 8.71. The molecule has 5 rings (SSSR count). The number of thioether (sulfide) groups is 1. The molecule has 0 bridgehead atoms. The molecule has 1 aliphatic rings. The van der Waals surface area contributed by atoms with E-state index >= 15 is 0 Å². The topological polar surface area (TPSA) is 7.12 Å². The van der Waals surface area contributed by atoms with Gasteiger partial charge in [-0.3, -0.25) is 0 Å². The number of rotatable bonds is 4. The first-order valence-electron chi connectivity index (χ1n) is 10.7. The average Bonchev–Trinajstić information content (AvgIpc) is 3.18. The van der Waals surface area contributed by atoms with Gasteiger partial charge in [0.05, 0.1) is 10.7 Å². The maximum Gasteiger partial charge on any atom is 0.213 e. The first-order chi connectivity index (χ1) is 15.2. The van der Waals surface area contributed by atoms with Crippen LogP contribution < -0.4 is 9.47 Å². The highest BCUT2D eigenvalue weighted by atomic mass is 32.2. The Bertz CT molecular complexity index is 1190. The molecule has 0 atom stereocenters. The largest absolute Gasteiger partial charge is 0.335 e. The summed E-state index contributed by atoms with van der Waals surface area (Å²) in [5.41, 5.74) is 7.36. The van der Waals surface area contributed by atoms with E-state index in [4.69, 9.17) is 0 Å². The van der Waals surface area contributed by atoms with Crippen LogP contribution in [0.2, 0.25) is 0 Å². The van der Waals surface area contributed by atoms with Gasteiger partial charge in [-0.2, -0.15) is 4.57 Å². The summed E-state index contributed by atoms with van der Waals surface area (Å²) in [6.45, 7) is 3.17. The Morgan fingerprint density at radius 3 is 1.90 bits per heavy atom. The molecule has 0 radical (unpaired) electrons. The van der Waals surface area contributed by atoms with E-state index in [-0.39, 0.29) is 0 Å². The van der Waals surface area contributed by atoms with Gasteiger partial charge in [-0.1, -0.05) is 60.3 Å². The van der Waals surface area contributed by atoms with E-state index < -0.39 is 0 Å². The lowest BCUT2D eigenvalue weighted by Gasteiger charge is -2.18. The summed E-state index contributed by atoms with van der Waals surface area (Å²) >= 11 is 1.85. The van der Waals surface area contributed by atoms with Gasteiger partial charge in [0.25, 0.3) is 0 Å². The van der Waals surface area contributed by atoms with Gasteiger partial charge in [0.1, 0.15) is 7.05 Å². The van der Waals surface area contributed by atoms with Gasteiger partial charge < -0.3 is 4.90 Å². The predicted octanol–water partition coefficient (Wildman–Crippen LogP) is 6.78. The standard InChI is InChI=1S/C28H25N2S/c1-3-30-24-16-10-11-17-27(24)31-28(30)20-21-18-25(22-12-6-4-7-13-22)29(2)26(19-21)23-14-8-5-9-15-23/h4-20H,3H2,1-2H3/q+1. The van der Waals surface area contributed by atoms with Crippen LogP contribution >= 0.6 is 11.8 Å². The van der Waals surface area contributed by atoms with Gasteiger partial charge in [-0.05, 0) is 55.0 Å². The highest BCUT2D eigenvalue weighted by Crippen LogP contribution is 2.46. The lowest BCUT2D eigenvalue weighted by atomic mass is 10.0. The molecule has 0 N–H and O–H groups in total. The molecule has 1 aliphatic heterocycles. The van der Waals surface area contributed by atoms with Crippen LogP contribution in [0.25, 0.3) is 28.6 Å². The minimum Gasteiger partial charge on any atom is -0.335 e. The van der Waals surface area contributed by atoms with Crippen LogP contribution in [-0.4, -0.2) is 6.54 Å². The number of hydrogen-bond acceptors (Lipinski definition) is 2. The van der Waals surface area contributed by atoms with Crippen molar-refractivity contribution >= 4 is 23.5 Å². The summed E-state index contributed by atoms with van der Waals surface area (Å²) in [6, 6.07) is 34.5. The normalized spacial score (nSPS) is 14.1. The fraction of sp³-hybridized carbons (Fsp3) is 0.107. The molecule has 0 aliphatic carbocycles. The van der Waals surface area contributed by atoms with E-state index in [1.54, 1.807) is 0 Å². The number of para-hydroxylation sites is 1. The quantitative estimate of drug-likeness (QED) is 0.336. The lowest BCUT2D eigenvalue weighted by molar-refractivity contribution is -0.649. The highest BCUT2D eigenvalue weighted by Gasteiger charge is 2.24. The fourth-order valence-corrected chi connectivity index (χ4v) is 5.35. The lowest BCUT2D eigenvalue weighted by Crippen LogP contribution is -2.34. The molecule has 0 spiro atoms. The molecule has 152 valence electrons. The first-order valence-corrected chi connectivity index (χ1v) is 11.5. The van der Waals surface area contributed by atoms with Crippen LogP contribution in [-0.2, 0) is 7.05 Å². The van der Waals surface area contributed by atoms with E-state index in [2.05, 4.69) is 127 Å². The SMILES string of the molecule is CCN1C(=Cc2cc(-c3ccccc3)[n+](C)c(-c3ccccc3)c2)Sc2ccccc21. The molecule has 0 saturated carbocycles. The Balaban J connectivity index is 1.67. The second kappa shape index (κ2) is 8.44. The second-order valence-electron chi connectivity index (χ2n) is 7.65. The minimum atomic E-state index is 0.952. The number of fused-ring (bicyclic) bond motifs is 1. The summed E-state index contributed by atoms with van der Waals surface area (Å²) in [7, 11) is 2.15. The van der Waals surface area contributed by atoms with Crippen molar-refractivity contribution < 1.29 is 4.57 Å². The van der Waals surface area contributed by atoms with Crippen LogP contribution in [0.1, 0.15) is 12.5 Å². The van der Waals surface area contributed by atoms with E-state index in [9.17, 15) is 0 Å². The van der Waals surface area contributed by atoms with Gasteiger partial charge in [0.15, 0.2) is 0 Å². The van der Waals surface area contributed by atoms with E-state index in [0.29, 0.717) is 0 Å². The molecule has 0 fully saturated rings. The van der Waals surface area contributed by atoms with Crippen LogP contribution in [0, 0.1) is 0 Å². The van der Waals surface area contributed by atoms with Crippen molar-refractivity contribution in [3.63, 3.8) is 0 Å². The monoisotopic (exact) mass is 421 g/mol. The van der Waals surface area contributed by atoms with Crippen LogP contribution in [0.4, 0.5) is 5.69 Å². The molecule has 2 nitrogen and oxygen atoms in total. The molecule has 3 aromatic carbocycles. The first kappa shape index (κ1) is 19.7. The molecule has 2 heterocycles. The predicted molar refractivity (Wildman–Crippen MR) is 132 cm³/mol. The maximum atomic E-state index is 2.40. The summed E-state index contributed by atoms with van der Waals surface area (Å²) in [4.78, 5) is 3.72. The van der Waals surface area contributed by atoms with E-state index in [1.165, 1.54) is 43.7 Å². The average molecular weight is 422 g/mol. The molecule has 31 heavy (non-hydrogen) atoms. The van der Waals surface area contributed by atoms with Crippen molar-refractivity contribution in [1.29, 1.82) is 0 Å². The maximum absolute atomic E-state index is 2.40. The van der Waals surface area contributed by atoms with Crippen LogP contribution in [0.3, 0.4) is 0 Å². The molecule has 3 heteroatoms. The fourth-order valence-electron chi connectivity index (χ4n) is 4.17.